The molecule has 0 aliphatic rings. The van der Waals surface area contributed by atoms with E-state index >= 15 is 0 Å². The van der Waals surface area contributed by atoms with Gasteiger partial charge in [-0.25, -0.2) is 9.67 Å². The van der Waals surface area contributed by atoms with E-state index in [1.165, 1.54) is 11.3 Å². The number of anilines is 1. The van der Waals surface area contributed by atoms with E-state index in [0.29, 0.717) is 6.54 Å². The van der Waals surface area contributed by atoms with Gasteiger partial charge in [0.25, 0.3) is 5.56 Å². The molecule has 2 heterocycles. The van der Waals surface area contributed by atoms with Gasteiger partial charge >= 0.3 is 6.18 Å². The lowest BCUT2D eigenvalue weighted by Crippen LogP contribution is -2.30. The molecule has 0 radical (unpaired) electrons. The van der Waals surface area contributed by atoms with Gasteiger partial charge in [-0.3, -0.25) is 4.79 Å². The summed E-state index contributed by atoms with van der Waals surface area (Å²) in [6.45, 7) is 0.733. The molecule has 0 bridgehead atoms. The second-order valence-corrected chi connectivity index (χ2v) is 5.85. The van der Waals surface area contributed by atoms with Crippen molar-refractivity contribution in [3.8, 4) is 0 Å². The Balaban J connectivity index is 2.15. The van der Waals surface area contributed by atoms with Crippen molar-refractivity contribution in [2.75, 3.05) is 5.32 Å². The summed E-state index contributed by atoms with van der Waals surface area (Å²) in [5, 5.41) is 6.88. The summed E-state index contributed by atoms with van der Waals surface area (Å²) in [5.41, 5.74) is -0.800. The van der Waals surface area contributed by atoms with Crippen LogP contribution in [-0.4, -0.2) is 20.9 Å². The zero-order chi connectivity index (χ0) is 15.6. The van der Waals surface area contributed by atoms with E-state index in [1.54, 1.807) is 6.20 Å². The summed E-state index contributed by atoms with van der Waals surface area (Å²) in [4.78, 5) is 16.7. The minimum absolute atomic E-state index is 0.186. The maximum absolute atomic E-state index is 12.3. The molecule has 0 fully saturated rings. The first-order valence-corrected chi connectivity index (χ1v) is 6.93. The van der Waals surface area contributed by atoms with E-state index in [-0.39, 0.29) is 15.4 Å². The number of hydrogen-bond donors (Lipinski definition) is 1. The topological polar surface area (TPSA) is 59.8 Å². The Bertz CT molecular complexity index is 698. The Kier molecular flexibility index (Phi) is 4.52. The number of aromatic nitrogens is 3. The molecule has 0 amide bonds. The first kappa shape index (κ1) is 15.8. The summed E-state index contributed by atoms with van der Waals surface area (Å²) in [6.07, 6.45) is -1.77. The van der Waals surface area contributed by atoms with Crippen molar-refractivity contribution in [2.24, 2.45) is 0 Å². The van der Waals surface area contributed by atoms with Gasteiger partial charge in [-0.1, -0.05) is 11.6 Å². The maximum atomic E-state index is 12.3. The quantitative estimate of drug-likeness (QED) is 0.931. The molecule has 2 aromatic rings. The van der Waals surface area contributed by atoms with Gasteiger partial charge in [0.15, 0.2) is 0 Å². The van der Waals surface area contributed by atoms with Gasteiger partial charge in [0.1, 0.15) is 11.6 Å². The highest BCUT2D eigenvalue weighted by atomic mass is 35.5. The fraction of sp³-hybridized carbons (Fsp3) is 0.364. The molecule has 21 heavy (non-hydrogen) atoms. The summed E-state index contributed by atoms with van der Waals surface area (Å²) < 4.78 is 37.1. The summed E-state index contributed by atoms with van der Waals surface area (Å²) >= 11 is 7.24. The van der Waals surface area contributed by atoms with E-state index in [1.807, 2.05) is 6.92 Å². The molecule has 0 unspecified atom stereocenters. The average Bonchev–Trinajstić information content (AvgIpc) is 2.79. The second kappa shape index (κ2) is 6.02. The van der Waals surface area contributed by atoms with Crippen molar-refractivity contribution in [3.05, 3.63) is 37.7 Å². The number of nitrogens with one attached hydrogen (secondary N) is 1. The predicted octanol–water partition coefficient (Wildman–Crippen LogP) is 2.84. The summed E-state index contributed by atoms with van der Waals surface area (Å²) in [6, 6.07) is 0. The molecule has 1 N–H and O–H groups in total. The zero-order valence-corrected chi connectivity index (χ0v) is 12.3. The van der Waals surface area contributed by atoms with Crippen LogP contribution in [0.3, 0.4) is 0 Å². The number of hydrogen-bond acceptors (Lipinski definition) is 5. The second-order valence-electron chi connectivity index (χ2n) is 4.15. The van der Waals surface area contributed by atoms with Crippen LogP contribution in [-0.2, 0) is 13.1 Å². The number of halogens is 4. The normalized spacial score (nSPS) is 11.7. The predicted molar refractivity (Wildman–Crippen MR) is 73.7 cm³/mol. The lowest BCUT2D eigenvalue weighted by molar-refractivity contribution is -0.143. The molecule has 0 saturated heterocycles. The standard InChI is InChI=1S/C11H10ClF3N4OS/c1-6-16-2-7(21-6)3-17-8-4-18-19(5-11(13,14)15)10(20)9(8)12/h2,4,17H,3,5H2,1H3. The average molecular weight is 339 g/mol. The monoisotopic (exact) mass is 338 g/mol. The molecule has 2 rings (SSSR count). The highest BCUT2D eigenvalue weighted by Gasteiger charge is 2.29. The fourth-order valence-corrected chi connectivity index (χ4v) is 2.49. The van der Waals surface area contributed by atoms with E-state index in [0.717, 1.165) is 16.1 Å². The van der Waals surface area contributed by atoms with Crippen LogP contribution in [0.25, 0.3) is 0 Å². The van der Waals surface area contributed by atoms with E-state index in [9.17, 15) is 18.0 Å². The smallest absolute Gasteiger partial charge is 0.377 e. The van der Waals surface area contributed by atoms with Gasteiger partial charge < -0.3 is 5.32 Å². The van der Waals surface area contributed by atoms with Gasteiger partial charge in [-0.15, -0.1) is 11.3 Å². The van der Waals surface area contributed by atoms with Gasteiger partial charge in [-0.2, -0.15) is 18.3 Å². The van der Waals surface area contributed by atoms with Crippen LogP contribution in [0.15, 0.2) is 17.2 Å². The number of thiazole rings is 1. The van der Waals surface area contributed by atoms with Crippen molar-refractivity contribution in [2.45, 2.75) is 26.2 Å². The first-order valence-electron chi connectivity index (χ1n) is 5.74. The van der Waals surface area contributed by atoms with Crippen LogP contribution in [0.2, 0.25) is 5.02 Å². The third-order valence-corrected chi connectivity index (χ3v) is 3.71. The SMILES string of the molecule is Cc1ncc(CNc2cnn(CC(F)(F)F)c(=O)c2Cl)s1. The Labute approximate surface area is 126 Å². The number of nitrogens with zero attached hydrogens (tertiary/aromatic N) is 3. The Hall–Kier alpha value is -1.61. The third kappa shape index (κ3) is 4.18. The lowest BCUT2D eigenvalue weighted by atomic mass is 10.4. The van der Waals surface area contributed by atoms with Crippen LogP contribution in [0, 0.1) is 6.92 Å². The molecule has 0 saturated carbocycles. The van der Waals surface area contributed by atoms with Crippen molar-refractivity contribution >= 4 is 28.6 Å². The third-order valence-electron chi connectivity index (χ3n) is 2.44. The zero-order valence-electron chi connectivity index (χ0n) is 10.7. The van der Waals surface area contributed by atoms with Crippen molar-refractivity contribution in [1.82, 2.24) is 14.8 Å². The maximum Gasteiger partial charge on any atom is 0.408 e. The molecule has 0 atom stereocenters. The van der Waals surface area contributed by atoms with Crippen molar-refractivity contribution in [3.63, 3.8) is 0 Å². The Morgan fingerprint density at radius 3 is 2.71 bits per heavy atom. The van der Waals surface area contributed by atoms with Crippen LogP contribution in [0.4, 0.5) is 18.9 Å². The molecule has 114 valence electrons. The minimum atomic E-state index is -4.53. The van der Waals surface area contributed by atoms with Gasteiger partial charge in [0.2, 0.25) is 0 Å². The minimum Gasteiger partial charge on any atom is -0.377 e. The molecule has 10 heteroatoms. The first-order chi connectivity index (χ1) is 9.76. The van der Waals surface area contributed by atoms with Gasteiger partial charge in [0, 0.05) is 11.1 Å². The van der Waals surface area contributed by atoms with Crippen molar-refractivity contribution in [1.29, 1.82) is 0 Å². The fourth-order valence-electron chi connectivity index (χ4n) is 1.54. The van der Waals surface area contributed by atoms with E-state index < -0.39 is 18.3 Å². The molecule has 0 aromatic carbocycles. The summed E-state index contributed by atoms with van der Waals surface area (Å²) in [7, 11) is 0. The number of rotatable bonds is 4. The lowest BCUT2D eigenvalue weighted by Gasteiger charge is -2.11. The Morgan fingerprint density at radius 2 is 2.14 bits per heavy atom. The molecule has 0 aliphatic carbocycles. The molecule has 2 aromatic heterocycles. The largest absolute Gasteiger partial charge is 0.408 e. The molecular weight excluding hydrogens is 329 g/mol. The highest BCUT2D eigenvalue weighted by Crippen LogP contribution is 2.20. The Morgan fingerprint density at radius 1 is 1.43 bits per heavy atom. The molecule has 0 spiro atoms. The number of aryl methyl sites for hydroxylation is 1. The molecule has 5 nitrogen and oxygen atoms in total. The van der Waals surface area contributed by atoms with Crippen LogP contribution in [0.5, 0.6) is 0 Å². The van der Waals surface area contributed by atoms with Crippen LogP contribution >= 0.6 is 22.9 Å². The van der Waals surface area contributed by atoms with Gasteiger partial charge in [-0.05, 0) is 6.92 Å². The van der Waals surface area contributed by atoms with E-state index in [2.05, 4.69) is 15.4 Å². The molecular formula is C11H10ClF3N4OS. The van der Waals surface area contributed by atoms with Crippen LogP contribution in [0.1, 0.15) is 9.88 Å². The van der Waals surface area contributed by atoms with E-state index in [4.69, 9.17) is 11.6 Å². The van der Waals surface area contributed by atoms with Gasteiger partial charge in [0.05, 0.1) is 23.4 Å². The van der Waals surface area contributed by atoms with Crippen LogP contribution < -0.4 is 10.9 Å². The number of alkyl halides is 3. The van der Waals surface area contributed by atoms with Crippen molar-refractivity contribution < 1.29 is 13.2 Å². The molecule has 0 aliphatic heterocycles. The summed E-state index contributed by atoms with van der Waals surface area (Å²) in [5.74, 6) is 0. The highest BCUT2D eigenvalue weighted by molar-refractivity contribution is 7.11.